The molecule has 0 radical (unpaired) electrons. The standard InChI is InChI=1S/C23H19NO4S/c25-22(14-29-13-16-10-11-20-21(12-16)28-15-27-20)24-19-9-5-4-8-18(19)23(26)17-6-2-1-3-7-17/h1-12H,13-15H2,(H,24,25). The van der Waals surface area contributed by atoms with E-state index in [0.717, 1.165) is 17.1 Å². The predicted molar refractivity (Wildman–Crippen MR) is 114 cm³/mol. The summed E-state index contributed by atoms with van der Waals surface area (Å²) in [7, 11) is 0. The fourth-order valence-electron chi connectivity index (χ4n) is 3.01. The number of rotatable bonds is 7. The van der Waals surface area contributed by atoms with Crippen molar-refractivity contribution < 1.29 is 19.1 Å². The third-order valence-electron chi connectivity index (χ3n) is 4.42. The van der Waals surface area contributed by atoms with Crippen molar-refractivity contribution in [1.29, 1.82) is 0 Å². The molecule has 3 aromatic carbocycles. The van der Waals surface area contributed by atoms with Crippen molar-refractivity contribution in [1.82, 2.24) is 0 Å². The van der Waals surface area contributed by atoms with E-state index >= 15 is 0 Å². The molecule has 146 valence electrons. The van der Waals surface area contributed by atoms with Crippen LogP contribution in [-0.2, 0) is 10.5 Å². The third-order valence-corrected chi connectivity index (χ3v) is 5.42. The fraction of sp³-hybridized carbons (Fsp3) is 0.130. The third kappa shape index (κ3) is 4.60. The zero-order chi connectivity index (χ0) is 20.1. The number of amides is 1. The molecule has 0 saturated carbocycles. The van der Waals surface area contributed by atoms with Crippen LogP contribution in [0, 0.1) is 0 Å². The maximum Gasteiger partial charge on any atom is 0.234 e. The summed E-state index contributed by atoms with van der Waals surface area (Å²) in [6, 6.07) is 21.9. The molecule has 0 atom stereocenters. The first-order valence-electron chi connectivity index (χ1n) is 9.15. The summed E-state index contributed by atoms with van der Waals surface area (Å²) in [5.74, 6) is 2.17. The number of carbonyl (C=O) groups excluding carboxylic acids is 2. The summed E-state index contributed by atoms with van der Waals surface area (Å²) in [6.07, 6.45) is 0. The highest BCUT2D eigenvalue weighted by Crippen LogP contribution is 2.33. The minimum Gasteiger partial charge on any atom is -0.454 e. The van der Waals surface area contributed by atoms with Gasteiger partial charge in [0.05, 0.1) is 11.4 Å². The summed E-state index contributed by atoms with van der Waals surface area (Å²) < 4.78 is 10.7. The number of ether oxygens (including phenoxy) is 2. The molecule has 1 aliphatic rings. The highest BCUT2D eigenvalue weighted by molar-refractivity contribution is 7.99. The average molecular weight is 405 g/mol. The van der Waals surface area contributed by atoms with E-state index in [4.69, 9.17) is 9.47 Å². The van der Waals surface area contributed by atoms with Crippen LogP contribution in [0.3, 0.4) is 0 Å². The summed E-state index contributed by atoms with van der Waals surface area (Å²) in [6.45, 7) is 0.245. The molecular weight excluding hydrogens is 386 g/mol. The molecule has 0 bridgehead atoms. The highest BCUT2D eigenvalue weighted by Gasteiger charge is 2.16. The second kappa shape index (κ2) is 8.84. The van der Waals surface area contributed by atoms with Gasteiger partial charge < -0.3 is 14.8 Å². The van der Waals surface area contributed by atoms with Crippen LogP contribution in [0.5, 0.6) is 11.5 Å². The van der Waals surface area contributed by atoms with Crippen molar-refractivity contribution in [2.75, 3.05) is 17.9 Å². The van der Waals surface area contributed by atoms with E-state index in [1.807, 2.05) is 36.4 Å². The molecule has 0 aromatic heterocycles. The lowest BCUT2D eigenvalue weighted by Gasteiger charge is -2.10. The Hall–Kier alpha value is -3.25. The predicted octanol–water partition coefficient (Wildman–Crippen LogP) is 4.52. The SMILES string of the molecule is O=C(CSCc1ccc2c(c1)OCO2)Nc1ccccc1C(=O)c1ccccc1. The Labute approximate surface area is 173 Å². The summed E-state index contributed by atoms with van der Waals surface area (Å²) in [4.78, 5) is 25.2. The van der Waals surface area contributed by atoms with Crippen LogP contribution >= 0.6 is 11.8 Å². The zero-order valence-electron chi connectivity index (χ0n) is 15.6. The van der Waals surface area contributed by atoms with Crippen molar-refractivity contribution in [3.63, 3.8) is 0 Å². The average Bonchev–Trinajstić information content (AvgIpc) is 3.22. The van der Waals surface area contributed by atoms with E-state index in [-0.39, 0.29) is 24.2 Å². The van der Waals surface area contributed by atoms with Gasteiger partial charge in [0.2, 0.25) is 12.7 Å². The molecule has 0 aliphatic carbocycles. The Bertz CT molecular complexity index is 1040. The Morgan fingerprint density at radius 1 is 0.897 bits per heavy atom. The van der Waals surface area contributed by atoms with Gasteiger partial charge in [-0.05, 0) is 29.8 Å². The number of nitrogens with one attached hydrogen (secondary N) is 1. The molecule has 0 spiro atoms. The maximum absolute atomic E-state index is 12.8. The lowest BCUT2D eigenvalue weighted by atomic mass is 10.0. The van der Waals surface area contributed by atoms with Crippen LogP contribution in [0.4, 0.5) is 5.69 Å². The fourth-order valence-corrected chi connectivity index (χ4v) is 3.79. The molecule has 0 fully saturated rings. The summed E-state index contributed by atoms with van der Waals surface area (Å²) >= 11 is 1.50. The van der Waals surface area contributed by atoms with Gasteiger partial charge in [0.15, 0.2) is 17.3 Å². The minimum absolute atomic E-state index is 0.116. The summed E-state index contributed by atoms with van der Waals surface area (Å²) in [5, 5.41) is 2.86. The van der Waals surface area contributed by atoms with E-state index in [2.05, 4.69) is 5.32 Å². The van der Waals surface area contributed by atoms with Gasteiger partial charge in [0.1, 0.15) is 0 Å². The number of thioether (sulfide) groups is 1. The van der Waals surface area contributed by atoms with E-state index in [1.54, 1.807) is 36.4 Å². The van der Waals surface area contributed by atoms with Crippen molar-refractivity contribution in [2.24, 2.45) is 0 Å². The molecule has 6 heteroatoms. The smallest absolute Gasteiger partial charge is 0.234 e. The second-order valence-electron chi connectivity index (χ2n) is 6.47. The van der Waals surface area contributed by atoms with Crippen LogP contribution in [0.1, 0.15) is 21.5 Å². The first-order chi connectivity index (χ1) is 14.2. The largest absolute Gasteiger partial charge is 0.454 e. The Balaban J connectivity index is 1.36. The topological polar surface area (TPSA) is 64.6 Å². The molecule has 0 saturated heterocycles. The van der Waals surface area contributed by atoms with Crippen LogP contribution in [0.2, 0.25) is 0 Å². The molecule has 1 aliphatic heterocycles. The van der Waals surface area contributed by atoms with E-state index in [9.17, 15) is 9.59 Å². The van der Waals surface area contributed by atoms with Crippen molar-refractivity contribution in [2.45, 2.75) is 5.75 Å². The van der Waals surface area contributed by atoms with Crippen molar-refractivity contribution in [3.8, 4) is 11.5 Å². The van der Waals surface area contributed by atoms with Crippen LogP contribution in [-0.4, -0.2) is 24.2 Å². The molecule has 4 rings (SSSR count). The Kier molecular flexibility index (Phi) is 5.81. The van der Waals surface area contributed by atoms with Gasteiger partial charge in [-0.1, -0.05) is 48.5 Å². The number of para-hydroxylation sites is 1. The molecule has 0 unspecified atom stereocenters. The number of anilines is 1. The minimum atomic E-state index is -0.149. The maximum atomic E-state index is 12.8. The highest BCUT2D eigenvalue weighted by atomic mass is 32.2. The van der Waals surface area contributed by atoms with Crippen LogP contribution < -0.4 is 14.8 Å². The Morgan fingerprint density at radius 3 is 2.52 bits per heavy atom. The van der Waals surface area contributed by atoms with Gasteiger partial charge in [0, 0.05) is 16.9 Å². The number of hydrogen-bond donors (Lipinski definition) is 1. The number of carbonyl (C=O) groups is 2. The first-order valence-corrected chi connectivity index (χ1v) is 10.3. The molecule has 29 heavy (non-hydrogen) atoms. The van der Waals surface area contributed by atoms with Gasteiger partial charge in [-0.15, -0.1) is 11.8 Å². The van der Waals surface area contributed by atoms with E-state index < -0.39 is 0 Å². The van der Waals surface area contributed by atoms with Gasteiger partial charge in [-0.2, -0.15) is 0 Å². The molecular formula is C23H19NO4S. The zero-order valence-corrected chi connectivity index (χ0v) is 16.4. The van der Waals surface area contributed by atoms with Crippen LogP contribution in [0.25, 0.3) is 0 Å². The lowest BCUT2D eigenvalue weighted by molar-refractivity contribution is -0.113. The van der Waals surface area contributed by atoms with Crippen LogP contribution in [0.15, 0.2) is 72.8 Å². The van der Waals surface area contributed by atoms with Crippen molar-refractivity contribution in [3.05, 3.63) is 89.5 Å². The molecule has 3 aromatic rings. The Morgan fingerprint density at radius 2 is 1.66 bits per heavy atom. The second-order valence-corrected chi connectivity index (χ2v) is 7.45. The summed E-state index contributed by atoms with van der Waals surface area (Å²) in [5.41, 5.74) is 2.65. The normalized spacial score (nSPS) is 11.9. The van der Waals surface area contributed by atoms with Gasteiger partial charge in [-0.3, -0.25) is 9.59 Å². The first kappa shape index (κ1) is 19.1. The molecule has 5 nitrogen and oxygen atoms in total. The van der Waals surface area contributed by atoms with E-state index in [1.165, 1.54) is 11.8 Å². The van der Waals surface area contributed by atoms with E-state index in [0.29, 0.717) is 22.6 Å². The van der Waals surface area contributed by atoms with Gasteiger partial charge in [-0.25, -0.2) is 0 Å². The number of hydrogen-bond acceptors (Lipinski definition) is 5. The number of benzene rings is 3. The van der Waals surface area contributed by atoms with Crippen molar-refractivity contribution >= 4 is 29.1 Å². The molecule has 1 amide bonds. The molecule has 1 N–H and O–H groups in total. The number of ketones is 1. The van der Waals surface area contributed by atoms with Gasteiger partial charge >= 0.3 is 0 Å². The quantitative estimate of drug-likeness (QED) is 0.586. The molecule has 1 heterocycles. The van der Waals surface area contributed by atoms with Gasteiger partial charge in [0.25, 0.3) is 0 Å². The monoisotopic (exact) mass is 405 g/mol. The lowest BCUT2D eigenvalue weighted by Crippen LogP contribution is -2.17. The number of fused-ring (bicyclic) bond motifs is 1.